The third kappa shape index (κ3) is 3.45. The van der Waals surface area contributed by atoms with Gasteiger partial charge in [0.25, 0.3) is 0 Å². The van der Waals surface area contributed by atoms with Gasteiger partial charge >= 0.3 is 0 Å². The molecule has 0 saturated carbocycles. The highest BCUT2D eigenvalue weighted by molar-refractivity contribution is 5.53. The van der Waals surface area contributed by atoms with E-state index in [1.54, 1.807) is 0 Å². The number of pyridine rings is 1. The smallest absolute Gasteiger partial charge is 0.0723 e. The molecule has 0 amide bonds. The Morgan fingerprint density at radius 1 is 1.47 bits per heavy atom. The molecule has 0 aliphatic carbocycles. The van der Waals surface area contributed by atoms with E-state index in [4.69, 9.17) is 4.74 Å². The summed E-state index contributed by atoms with van der Waals surface area (Å²) in [5.41, 5.74) is 2.58. The first-order chi connectivity index (χ1) is 9.26. The van der Waals surface area contributed by atoms with Gasteiger partial charge in [-0.3, -0.25) is 4.98 Å². The van der Waals surface area contributed by atoms with Crippen LogP contribution in [0.1, 0.15) is 32.8 Å². The molecule has 1 aliphatic heterocycles. The molecule has 1 aliphatic rings. The molecular weight excluding hydrogens is 238 g/mol. The van der Waals surface area contributed by atoms with Crippen LogP contribution in [0.2, 0.25) is 0 Å². The number of ether oxygens (including phenoxy) is 1. The van der Waals surface area contributed by atoms with Gasteiger partial charge in [0, 0.05) is 19.3 Å². The molecule has 4 nitrogen and oxygen atoms in total. The Kier molecular flexibility index (Phi) is 5.16. The van der Waals surface area contributed by atoms with E-state index in [-0.39, 0.29) is 6.10 Å². The topological polar surface area (TPSA) is 37.4 Å². The lowest BCUT2D eigenvalue weighted by molar-refractivity contribution is 0.0298. The summed E-state index contributed by atoms with van der Waals surface area (Å²) in [5.74, 6) is 0. The number of aromatic nitrogens is 1. The molecule has 0 aromatic carbocycles. The Morgan fingerprint density at radius 3 is 3.05 bits per heavy atom. The standard InChI is InChI=1S/C15H25N3O/c1-4-14-11-19-12(3)10-18(14)15-9-17-7-6-13(15)8-16-5-2/h6-7,9,12,14,16H,4-5,8,10-11H2,1-3H3. The first kappa shape index (κ1) is 14.3. The van der Waals surface area contributed by atoms with Crippen LogP contribution in [0.5, 0.6) is 0 Å². The highest BCUT2D eigenvalue weighted by Gasteiger charge is 2.27. The first-order valence-corrected chi connectivity index (χ1v) is 7.28. The number of nitrogens with zero attached hydrogens (tertiary/aromatic N) is 2. The van der Waals surface area contributed by atoms with Crippen molar-refractivity contribution in [2.45, 2.75) is 45.9 Å². The van der Waals surface area contributed by atoms with Crippen molar-refractivity contribution in [3.8, 4) is 0 Å². The molecule has 1 fully saturated rings. The van der Waals surface area contributed by atoms with Crippen molar-refractivity contribution in [2.24, 2.45) is 0 Å². The van der Waals surface area contributed by atoms with Crippen molar-refractivity contribution >= 4 is 5.69 Å². The molecule has 1 N–H and O–H groups in total. The molecule has 0 radical (unpaired) electrons. The Balaban J connectivity index is 2.22. The lowest BCUT2D eigenvalue weighted by Gasteiger charge is -2.40. The molecule has 2 atom stereocenters. The van der Waals surface area contributed by atoms with Crippen LogP contribution >= 0.6 is 0 Å². The van der Waals surface area contributed by atoms with Gasteiger partial charge in [0.2, 0.25) is 0 Å². The largest absolute Gasteiger partial charge is 0.375 e. The van der Waals surface area contributed by atoms with E-state index in [0.717, 1.165) is 32.7 Å². The Morgan fingerprint density at radius 2 is 2.32 bits per heavy atom. The third-order valence-corrected chi connectivity index (χ3v) is 3.70. The Labute approximate surface area is 116 Å². The molecule has 0 spiro atoms. The summed E-state index contributed by atoms with van der Waals surface area (Å²) in [5, 5.41) is 3.40. The highest BCUT2D eigenvalue weighted by Crippen LogP contribution is 2.26. The zero-order valence-electron chi connectivity index (χ0n) is 12.2. The van der Waals surface area contributed by atoms with E-state index >= 15 is 0 Å². The number of hydrogen-bond donors (Lipinski definition) is 1. The molecule has 0 bridgehead atoms. The van der Waals surface area contributed by atoms with E-state index in [2.05, 4.69) is 42.0 Å². The fourth-order valence-electron chi connectivity index (χ4n) is 2.56. The van der Waals surface area contributed by atoms with Gasteiger partial charge in [0.05, 0.1) is 30.6 Å². The van der Waals surface area contributed by atoms with Gasteiger partial charge in [-0.2, -0.15) is 0 Å². The molecule has 2 heterocycles. The minimum atomic E-state index is 0.287. The monoisotopic (exact) mass is 263 g/mol. The molecule has 19 heavy (non-hydrogen) atoms. The van der Waals surface area contributed by atoms with Crippen LogP contribution in [0.15, 0.2) is 18.5 Å². The molecule has 4 heteroatoms. The maximum absolute atomic E-state index is 5.78. The lowest BCUT2D eigenvalue weighted by Crippen LogP contribution is -2.49. The summed E-state index contributed by atoms with van der Waals surface area (Å²) in [6, 6.07) is 2.57. The molecule has 1 aromatic heterocycles. The first-order valence-electron chi connectivity index (χ1n) is 7.28. The Hall–Kier alpha value is -1.13. The van der Waals surface area contributed by atoms with Crippen LogP contribution < -0.4 is 10.2 Å². The van der Waals surface area contributed by atoms with Gasteiger partial charge in [-0.15, -0.1) is 0 Å². The van der Waals surface area contributed by atoms with Gasteiger partial charge in [-0.05, 0) is 31.5 Å². The van der Waals surface area contributed by atoms with Gasteiger partial charge < -0.3 is 15.0 Å². The zero-order chi connectivity index (χ0) is 13.7. The van der Waals surface area contributed by atoms with Crippen molar-refractivity contribution < 1.29 is 4.74 Å². The van der Waals surface area contributed by atoms with E-state index < -0.39 is 0 Å². The zero-order valence-corrected chi connectivity index (χ0v) is 12.2. The Bertz CT molecular complexity index is 397. The summed E-state index contributed by atoms with van der Waals surface area (Å²) in [6.45, 7) is 10.1. The number of hydrogen-bond acceptors (Lipinski definition) is 4. The second-order valence-corrected chi connectivity index (χ2v) is 5.14. The van der Waals surface area contributed by atoms with Crippen molar-refractivity contribution in [3.05, 3.63) is 24.0 Å². The molecule has 106 valence electrons. The number of morpholine rings is 1. The van der Waals surface area contributed by atoms with E-state index in [9.17, 15) is 0 Å². The molecule has 1 saturated heterocycles. The lowest BCUT2D eigenvalue weighted by atomic mass is 10.1. The normalized spacial score (nSPS) is 23.6. The van der Waals surface area contributed by atoms with Crippen LogP contribution in [0.3, 0.4) is 0 Å². The maximum Gasteiger partial charge on any atom is 0.0723 e. The summed E-state index contributed by atoms with van der Waals surface area (Å²) in [6.07, 6.45) is 5.26. The minimum absolute atomic E-state index is 0.287. The molecule has 1 aromatic rings. The van der Waals surface area contributed by atoms with E-state index in [1.165, 1.54) is 11.3 Å². The summed E-state index contributed by atoms with van der Waals surface area (Å²) in [4.78, 5) is 6.78. The van der Waals surface area contributed by atoms with Crippen LogP contribution in [-0.4, -0.2) is 36.8 Å². The minimum Gasteiger partial charge on any atom is -0.375 e. The maximum atomic E-state index is 5.78. The van der Waals surface area contributed by atoms with E-state index in [1.807, 2.05) is 12.4 Å². The SMILES string of the molecule is CCNCc1ccncc1N1CC(C)OCC1CC. The quantitative estimate of drug-likeness (QED) is 0.883. The second kappa shape index (κ2) is 6.87. The van der Waals surface area contributed by atoms with Gasteiger partial charge in [0.1, 0.15) is 0 Å². The predicted octanol–water partition coefficient (Wildman–Crippen LogP) is 2.19. The predicted molar refractivity (Wildman–Crippen MR) is 78.5 cm³/mol. The average Bonchev–Trinajstić information content (AvgIpc) is 2.45. The van der Waals surface area contributed by atoms with Gasteiger partial charge in [0.15, 0.2) is 0 Å². The molecule has 2 unspecified atom stereocenters. The fraction of sp³-hybridized carbons (Fsp3) is 0.667. The van der Waals surface area contributed by atoms with Gasteiger partial charge in [-0.1, -0.05) is 13.8 Å². The highest BCUT2D eigenvalue weighted by atomic mass is 16.5. The van der Waals surface area contributed by atoms with Crippen molar-refractivity contribution in [2.75, 3.05) is 24.6 Å². The third-order valence-electron chi connectivity index (χ3n) is 3.70. The summed E-state index contributed by atoms with van der Waals surface area (Å²) in [7, 11) is 0. The average molecular weight is 263 g/mol. The fourth-order valence-corrected chi connectivity index (χ4v) is 2.56. The number of rotatable bonds is 5. The summed E-state index contributed by atoms with van der Waals surface area (Å²) < 4.78 is 5.78. The van der Waals surface area contributed by atoms with Crippen LogP contribution in [0.4, 0.5) is 5.69 Å². The summed E-state index contributed by atoms with van der Waals surface area (Å²) >= 11 is 0. The number of anilines is 1. The number of nitrogens with one attached hydrogen (secondary N) is 1. The molecule has 2 rings (SSSR count). The van der Waals surface area contributed by atoms with Crippen LogP contribution in [0.25, 0.3) is 0 Å². The van der Waals surface area contributed by atoms with Crippen molar-refractivity contribution in [1.82, 2.24) is 10.3 Å². The van der Waals surface area contributed by atoms with Crippen molar-refractivity contribution in [1.29, 1.82) is 0 Å². The van der Waals surface area contributed by atoms with Crippen LogP contribution in [0, 0.1) is 0 Å². The van der Waals surface area contributed by atoms with Crippen molar-refractivity contribution in [3.63, 3.8) is 0 Å². The second-order valence-electron chi connectivity index (χ2n) is 5.14. The van der Waals surface area contributed by atoms with Crippen LogP contribution in [-0.2, 0) is 11.3 Å². The van der Waals surface area contributed by atoms with E-state index in [0.29, 0.717) is 6.04 Å². The van der Waals surface area contributed by atoms with Gasteiger partial charge in [-0.25, -0.2) is 0 Å². The molecular formula is C15H25N3O.